The van der Waals surface area contributed by atoms with Gasteiger partial charge in [-0.1, -0.05) is 17.7 Å². The smallest absolute Gasteiger partial charge is 0.329 e. The zero-order valence-corrected chi connectivity index (χ0v) is 17.3. The Bertz CT molecular complexity index is 1060. The Balaban J connectivity index is 1.43. The molecule has 4 amide bonds. The van der Waals surface area contributed by atoms with Crippen LogP contribution in [0.2, 0.25) is 5.02 Å². The van der Waals surface area contributed by atoms with E-state index in [4.69, 9.17) is 11.6 Å². The van der Waals surface area contributed by atoms with Crippen molar-refractivity contribution in [3.8, 4) is 0 Å². The van der Waals surface area contributed by atoms with Gasteiger partial charge in [0.15, 0.2) is 0 Å². The fourth-order valence-corrected chi connectivity index (χ4v) is 3.71. The average molecular weight is 443 g/mol. The third-order valence-corrected chi connectivity index (χ3v) is 5.37. The highest BCUT2D eigenvalue weighted by atomic mass is 35.5. The summed E-state index contributed by atoms with van der Waals surface area (Å²) in [7, 11) is 0. The molecule has 2 saturated heterocycles. The maximum absolute atomic E-state index is 14.5. The van der Waals surface area contributed by atoms with Gasteiger partial charge >= 0.3 is 6.03 Å². The predicted molar refractivity (Wildman–Crippen MR) is 116 cm³/mol. The van der Waals surface area contributed by atoms with Crippen molar-refractivity contribution in [3.63, 3.8) is 0 Å². The predicted octanol–water partition coefficient (Wildman–Crippen LogP) is 3.61. The van der Waals surface area contributed by atoms with Crippen LogP contribution in [0.4, 0.5) is 20.6 Å². The summed E-state index contributed by atoms with van der Waals surface area (Å²) in [6, 6.07) is 10.4. The summed E-state index contributed by atoms with van der Waals surface area (Å²) >= 11 is 5.81. The summed E-state index contributed by atoms with van der Waals surface area (Å²) in [4.78, 5) is 39.8. The minimum absolute atomic E-state index is 0.0161. The maximum atomic E-state index is 14.5. The quantitative estimate of drug-likeness (QED) is 0.547. The first-order chi connectivity index (χ1) is 14.9. The molecule has 0 radical (unpaired) electrons. The lowest BCUT2D eigenvalue weighted by molar-refractivity contribution is -0.127. The highest BCUT2D eigenvalue weighted by molar-refractivity contribution is 6.30. The molecule has 0 aliphatic carbocycles. The number of hydrogen-bond donors (Lipinski definition) is 2. The lowest BCUT2D eigenvalue weighted by atomic mass is 10.1. The summed E-state index contributed by atoms with van der Waals surface area (Å²) < 4.78 is 14.5. The molecular weight excluding hydrogens is 423 g/mol. The normalized spacial score (nSPS) is 17.4. The van der Waals surface area contributed by atoms with Gasteiger partial charge in [0.05, 0.1) is 5.69 Å². The highest BCUT2D eigenvalue weighted by Gasteiger charge is 2.35. The molecule has 2 heterocycles. The Morgan fingerprint density at radius 1 is 1.13 bits per heavy atom. The summed E-state index contributed by atoms with van der Waals surface area (Å²) in [5.74, 6) is -1.57. The highest BCUT2D eigenvalue weighted by Crippen LogP contribution is 2.25. The van der Waals surface area contributed by atoms with Crippen LogP contribution in [0.1, 0.15) is 18.4 Å². The molecule has 0 aromatic heterocycles. The molecule has 2 fully saturated rings. The molecule has 0 saturated carbocycles. The van der Waals surface area contributed by atoms with E-state index in [1.807, 2.05) is 4.90 Å². The molecule has 0 unspecified atom stereocenters. The summed E-state index contributed by atoms with van der Waals surface area (Å²) in [5, 5.41) is 5.55. The van der Waals surface area contributed by atoms with Crippen LogP contribution in [-0.4, -0.2) is 42.4 Å². The maximum Gasteiger partial charge on any atom is 0.329 e. The van der Waals surface area contributed by atoms with E-state index < -0.39 is 24.4 Å². The molecule has 2 aliphatic rings. The van der Waals surface area contributed by atoms with Gasteiger partial charge in [0.2, 0.25) is 5.91 Å². The van der Waals surface area contributed by atoms with Gasteiger partial charge in [-0.05, 0) is 60.9 Å². The number of imide groups is 1. The van der Waals surface area contributed by atoms with Crippen molar-refractivity contribution in [1.82, 2.24) is 10.2 Å². The van der Waals surface area contributed by atoms with Crippen LogP contribution in [0.5, 0.6) is 0 Å². The second kappa shape index (κ2) is 8.77. The van der Waals surface area contributed by atoms with Crippen LogP contribution in [0, 0.1) is 5.82 Å². The Morgan fingerprint density at radius 3 is 2.52 bits per heavy atom. The number of rotatable bonds is 5. The summed E-state index contributed by atoms with van der Waals surface area (Å²) in [5.41, 5.74) is 1.45. The molecule has 9 heteroatoms. The Kier molecular flexibility index (Phi) is 5.90. The standard InChI is InChI=1S/C22H20ClFN4O3/c23-15-4-6-16(7-5-15)25-20(29)13-28-21(30)18(26-22(28)31)12-14-3-8-19(17(24)11-14)27-9-1-2-10-27/h3-8,11-12H,1-2,9-10,13H2,(H,25,29)(H,26,31). The zero-order valence-electron chi connectivity index (χ0n) is 16.5. The summed E-state index contributed by atoms with van der Waals surface area (Å²) in [6.07, 6.45) is 3.47. The molecule has 0 atom stereocenters. The first-order valence-electron chi connectivity index (χ1n) is 9.85. The molecule has 160 valence electrons. The first kappa shape index (κ1) is 20.9. The van der Waals surface area contributed by atoms with Crippen LogP contribution >= 0.6 is 11.6 Å². The lowest BCUT2D eigenvalue weighted by Gasteiger charge is -2.18. The van der Waals surface area contributed by atoms with Crippen molar-refractivity contribution >= 4 is 46.9 Å². The number of nitrogens with one attached hydrogen (secondary N) is 2. The van der Waals surface area contributed by atoms with Gasteiger partial charge in [-0.3, -0.25) is 9.59 Å². The Labute approximate surface area is 183 Å². The number of hydrogen-bond acceptors (Lipinski definition) is 4. The van der Waals surface area contributed by atoms with E-state index in [2.05, 4.69) is 10.6 Å². The molecule has 2 aromatic carbocycles. The molecule has 2 aromatic rings. The molecule has 2 N–H and O–H groups in total. The van der Waals surface area contributed by atoms with E-state index in [0.717, 1.165) is 30.8 Å². The van der Waals surface area contributed by atoms with E-state index in [0.29, 0.717) is 22.0 Å². The third kappa shape index (κ3) is 4.69. The number of benzene rings is 2. The van der Waals surface area contributed by atoms with Crippen molar-refractivity contribution in [3.05, 3.63) is 64.6 Å². The van der Waals surface area contributed by atoms with Gasteiger partial charge in [-0.25, -0.2) is 14.1 Å². The molecule has 7 nitrogen and oxygen atoms in total. The minimum atomic E-state index is -0.711. The Hall–Kier alpha value is -3.39. The number of halogens is 2. The van der Waals surface area contributed by atoms with Gasteiger partial charge in [0.1, 0.15) is 18.1 Å². The van der Waals surface area contributed by atoms with Crippen LogP contribution in [0.3, 0.4) is 0 Å². The van der Waals surface area contributed by atoms with Crippen molar-refractivity contribution in [2.75, 3.05) is 29.9 Å². The zero-order chi connectivity index (χ0) is 22.0. The van der Waals surface area contributed by atoms with Gasteiger partial charge < -0.3 is 15.5 Å². The monoisotopic (exact) mass is 442 g/mol. The van der Waals surface area contributed by atoms with Crippen molar-refractivity contribution in [1.29, 1.82) is 0 Å². The van der Waals surface area contributed by atoms with Gasteiger partial charge in [-0.2, -0.15) is 0 Å². The second-order valence-electron chi connectivity index (χ2n) is 7.34. The molecule has 0 bridgehead atoms. The van der Waals surface area contributed by atoms with Crippen LogP contribution in [0.25, 0.3) is 6.08 Å². The van der Waals surface area contributed by atoms with Crippen LogP contribution in [-0.2, 0) is 9.59 Å². The fraction of sp³-hybridized carbons (Fsp3) is 0.227. The van der Waals surface area contributed by atoms with Gasteiger partial charge in [0.25, 0.3) is 5.91 Å². The van der Waals surface area contributed by atoms with E-state index in [1.165, 1.54) is 12.1 Å². The molecule has 4 rings (SSSR count). The van der Waals surface area contributed by atoms with Crippen molar-refractivity contribution < 1.29 is 18.8 Å². The number of anilines is 2. The first-order valence-corrected chi connectivity index (χ1v) is 10.2. The summed E-state index contributed by atoms with van der Waals surface area (Å²) in [6.45, 7) is 1.19. The number of amides is 4. The van der Waals surface area contributed by atoms with Crippen LogP contribution in [0.15, 0.2) is 48.2 Å². The topological polar surface area (TPSA) is 81.8 Å². The number of carbonyl (C=O) groups is 3. The number of nitrogens with zero attached hydrogens (tertiary/aromatic N) is 2. The molecule has 31 heavy (non-hydrogen) atoms. The van der Waals surface area contributed by atoms with Gasteiger partial charge in [-0.15, -0.1) is 0 Å². The lowest BCUT2D eigenvalue weighted by Crippen LogP contribution is -2.38. The van der Waals surface area contributed by atoms with Crippen LogP contribution < -0.4 is 15.5 Å². The minimum Gasteiger partial charge on any atom is -0.369 e. The number of urea groups is 1. The molecular formula is C22H20ClFN4O3. The second-order valence-corrected chi connectivity index (χ2v) is 7.78. The van der Waals surface area contributed by atoms with E-state index in [1.54, 1.807) is 36.4 Å². The van der Waals surface area contributed by atoms with Crippen molar-refractivity contribution in [2.45, 2.75) is 12.8 Å². The van der Waals surface area contributed by atoms with E-state index in [9.17, 15) is 18.8 Å². The van der Waals surface area contributed by atoms with Crippen molar-refractivity contribution in [2.24, 2.45) is 0 Å². The third-order valence-electron chi connectivity index (χ3n) is 5.12. The SMILES string of the molecule is O=C(CN1C(=O)NC(=Cc2ccc(N3CCCC3)c(F)c2)C1=O)Nc1ccc(Cl)cc1. The van der Waals surface area contributed by atoms with Gasteiger partial charge in [0, 0.05) is 23.8 Å². The number of carbonyl (C=O) groups excluding carboxylic acids is 3. The van der Waals surface area contributed by atoms with E-state index >= 15 is 0 Å². The average Bonchev–Trinajstić information content (AvgIpc) is 3.35. The Morgan fingerprint density at radius 2 is 1.84 bits per heavy atom. The van der Waals surface area contributed by atoms with E-state index in [-0.39, 0.29) is 11.5 Å². The molecule has 0 spiro atoms. The fourth-order valence-electron chi connectivity index (χ4n) is 3.59. The molecule has 2 aliphatic heterocycles. The largest absolute Gasteiger partial charge is 0.369 e.